The van der Waals surface area contributed by atoms with E-state index in [0.29, 0.717) is 11.7 Å². The van der Waals surface area contributed by atoms with Crippen LogP contribution in [0.5, 0.6) is 5.75 Å². The van der Waals surface area contributed by atoms with E-state index < -0.39 is 10.0 Å². The molecule has 0 aromatic heterocycles. The Bertz CT molecular complexity index is 637. The molecule has 1 atom stereocenters. The van der Waals surface area contributed by atoms with E-state index in [2.05, 4.69) is 9.62 Å². The van der Waals surface area contributed by atoms with Crippen molar-refractivity contribution in [3.05, 3.63) is 23.8 Å². The molecule has 3 heterocycles. The first-order chi connectivity index (χ1) is 10.4. The van der Waals surface area contributed by atoms with Crippen LogP contribution in [-0.2, 0) is 10.0 Å². The van der Waals surface area contributed by atoms with Gasteiger partial charge in [-0.05, 0) is 69.0 Å². The van der Waals surface area contributed by atoms with E-state index >= 15 is 0 Å². The minimum absolute atomic E-state index is 0.529. The van der Waals surface area contributed by atoms with Crippen molar-refractivity contribution in [1.29, 1.82) is 0 Å². The Kier molecular flexibility index (Phi) is 4.32. The van der Waals surface area contributed by atoms with E-state index in [9.17, 15) is 8.42 Å². The van der Waals surface area contributed by atoms with Gasteiger partial charge in [-0.2, -0.15) is 0 Å². The zero-order valence-corrected chi connectivity index (χ0v) is 14.0. The Morgan fingerprint density at radius 1 is 1.32 bits per heavy atom. The van der Waals surface area contributed by atoms with Crippen molar-refractivity contribution >= 4 is 15.7 Å². The SMILES string of the molecule is Cc1cc(OCC2CC3CCN2CC3)ccc1NS(C)(=O)=O. The Balaban J connectivity index is 1.60. The predicted molar refractivity (Wildman–Crippen MR) is 87.8 cm³/mol. The van der Waals surface area contributed by atoms with Crippen molar-refractivity contribution in [3.8, 4) is 5.75 Å². The minimum atomic E-state index is -3.25. The van der Waals surface area contributed by atoms with Gasteiger partial charge in [-0.25, -0.2) is 8.42 Å². The monoisotopic (exact) mass is 324 g/mol. The minimum Gasteiger partial charge on any atom is -0.492 e. The van der Waals surface area contributed by atoms with E-state index in [0.717, 1.165) is 30.1 Å². The second-order valence-electron chi connectivity index (χ2n) is 6.53. The first-order valence-corrected chi connectivity index (χ1v) is 9.75. The van der Waals surface area contributed by atoms with Gasteiger partial charge in [-0.1, -0.05) is 0 Å². The van der Waals surface area contributed by atoms with Gasteiger partial charge in [0, 0.05) is 6.04 Å². The second kappa shape index (κ2) is 6.08. The number of anilines is 1. The zero-order chi connectivity index (χ0) is 15.7. The summed E-state index contributed by atoms with van der Waals surface area (Å²) in [6, 6.07) is 6.02. The van der Waals surface area contributed by atoms with E-state index in [1.54, 1.807) is 6.07 Å². The Morgan fingerprint density at radius 2 is 2.05 bits per heavy atom. The fraction of sp³-hybridized carbons (Fsp3) is 0.625. The van der Waals surface area contributed by atoms with Crippen molar-refractivity contribution < 1.29 is 13.2 Å². The van der Waals surface area contributed by atoms with Crippen molar-refractivity contribution in [2.24, 2.45) is 5.92 Å². The number of piperidine rings is 3. The van der Waals surface area contributed by atoms with Crippen LogP contribution in [0.2, 0.25) is 0 Å². The molecule has 122 valence electrons. The van der Waals surface area contributed by atoms with Crippen LogP contribution in [0.4, 0.5) is 5.69 Å². The molecule has 1 aromatic rings. The third kappa shape index (κ3) is 3.73. The van der Waals surface area contributed by atoms with E-state index in [1.807, 2.05) is 19.1 Å². The molecule has 1 unspecified atom stereocenters. The number of nitrogens with one attached hydrogen (secondary N) is 1. The summed E-state index contributed by atoms with van der Waals surface area (Å²) in [7, 11) is -3.25. The Morgan fingerprint density at radius 3 is 2.59 bits per heavy atom. The summed E-state index contributed by atoms with van der Waals surface area (Å²) in [6.07, 6.45) is 5.07. The molecule has 6 heteroatoms. The summed E-state index contributed by atoms with van der Waals surface area (Å²) in [4.78, 5) is 2.53. The summed E-state index contributed by atoms with van der Waals surface area (Å²) in [5, 5.41) is 0. The maximum Gasteiger partial charge on any atom is 0.229 e. The first kappa shape index (κ1) is 15.6. The standard InChI is InChI=1S/C16H24N2O3S/c1-12-9-15(3-4-16(12)17-22(2,19)20)21-11-14-10-13-5-7-18(14)8-6-13/h3-4,9,13-14,17H,5-8,10-11H2,1-2H3. The van der Waals surface area contributed by atoms with Gasteiger partial charge in [0.05, 0.1) is 11.9 Å². The number of sulfonamides is 1. The number of rotatable bonds is 5. The predicted octanol–water partition coefficient (Wildman–Crippen LogP) is 2.23. The molecule has 0 spiro atoms. The Hall–Kier alpha value is -1.27. The third-order valence-corrected chi connectivity index (χ3v) is 5.30. The van der Waals surface area contributed by atoms with E-state index in [-0.39, 0.29) is 0 Å². The van der Waals surface area contributed by atoms with Crippen molar-refractivity contribution in [2.45, 2.75) is 32.2 Å². The van der Waals surface area contributed by atoms with Crippen molar-refractivity contribution in [2.75, 3.05) is 30.7 Å². The van der Waals surface area contributed by atoms with Gasteiger partial charge < -0.3 is 4.74 Å². The number of benzene rings is 1. The van der Waals surface area contributed by atoms with Crippen LogP contribution in [0.15, 0.2) is 18.2 Å². The number of aryl methyl sites for hydroxylation is 1. The van der Waals surface area contributed by atoms with Crippen LogP contribution in [-0.4, -0.2) is 45.3 Å². The molecule has 0 saturated carbocycles. The number of hydrogen-bond acceptors (Lipinski definition) is 4. The van der Waals surface area contributed by atoms with Gasteiger partial charge in [0.25, 0.3) is 0 Å². The van der Waals surface area contributed by atoms with E-state index in [1.165, 1.54) is 32.4 Å². The van der Waals surface area contributed by atoms with Crippen LogP contribution >= 0.6 is 0 Å². The maximum absolute atomic E-state index is 11.3. The van der Waals surface area contributed by atoms with Crippen molar-refractivity contribution in [1.82, 2.24) is 4.90 Å². The first-order valence-electron chi connectivity index (χ1n) is 7.86. The lowest BCUT2D eigenvalue weighted by atomic mass is 9.83. The van der Waals surface area contributed by atoms with Crippen LogP contribution in [0, 0.1) is 12.8 Å². The molecule has 0 amide bonds. The fourth-order valence-corrected chi connectivity index (χ4v) is 4.12. The quantitative estimate of drug-likeness (QED) is 0.902. The summed E-state index contributed by atoms with van der Waals surface area (Å²) in [5.74, 6) is 1.68. The van der Waals surface area contributed by atoms with Gasteiger partial charge in [0.1, 0.15) is 12.4 Å². The molecule has 5 nitrogen and oxygen atoms in total. The lowest BCUT2D eigenvalue weighted by Gasteiger charge is -2.45. The fourth-order valence-electron chi connectivity index (χ4n) is 3.49. The molecular weight excluding hydrogens is 300 g/mol. The lowest BCUT2D eigenvalue weighted by Crippen LogP contribution is -2.51. The van der Waals surface area contributed by atoms with Gasteiger partial charge in [0.2, 0.25) is 10.0 Å². The second-order valence-corrected chi connectivity index (χ2v) is 8.28. The molecule has 3 saturated heterocycles. The highest BCUT2D eigenvalue weighted by molar-refractivity contribution is 7.92. The average molecular weight is 324 g/mol. The molecule has 0 aliphatic carbocycles. The van der Waals surface area contributed by atoms with Crippen LogP contribution in [0.25, 0.3) is 0 Å². The van der Waals surface area contributed by atoms with Gasteiger partial charge >= 0.3 is 0 Å². The normalized spacial score (nSPS) is 27.6. The van der Waals surface area contributed by atoms with Crippen LogP contribution in [0.3, 0.4) is 0 Å². The maximum atomic E-state index is 11.3. The van der Waals surface area contributed by atoms with Crippen LogP contribution in [0.1, 0.15) is 24.8 Å². The molecule has 0 radical (unpaired) electrons. The molecule has 3 aliphatic heterocycles. The number of hydrogen-bond donors (Lipinski definition) is 1. The number of fused-ring (bicyclic) bond motifs is 3. The number of ether oxygens (including phenoxy) is 1. The van der Waals surface area contributed by atoms with E-state index in [4.69, 9.17) is 4.74 Å². The molecule has 3 aliphatic rings. The molecule has 22 heavy (non-hydrogen) atoms. The number of nitrogens with zero attached hydrogens (tertiary/aromatic N) is 1. The highest BCUT2D eigenvalue weighted by Gasteiger charge is 2.33. The lowest BCUT2D eigenvalue weighted by molar-refractivity contribution is 0.0238. The molecule has 2 bridgehead atoms. The highest BCUT2D eigenvalue weighted by Crippen LogP contribution is 2.32. The van der Waals surface area contributed by atoms with Gasteiger partial charge in [-0.3, -0.25) is 9.62 Å². The Labute approximate surface area is 132 Å². The molecule has 1 aromatic carbocycles. The summed E-state index contributed by atoms with van der Waals surface area (Å²) in [5.41, 5.74) is 1.48. The van der Waals surface area contributed by atoms with Gasteiger partial charge in [0.15, 0.2) is 0 Å². The molecule has 4 rings (SSSR count). The summed E-state index contributed by atoms with van der Waals surface area (Å²) >= 11 is 0. The van der Waals surface area contributed by atoms with Crippen LogP contribution < -0.4 is 9.46 Å². The average Bonchev–Trinajstić information content (AvgIpc) is 2.48. The van der Waals surface area contributed by atoms with Crippen molar-refractivity contribution in [3.63, 3.8) is 0 Å². The zero-order valence-electron chi connectivity index (χ0n) is 13.2. The summed E-state index contributed by atoms with van der Waals surface area (Å²) in [6.45, 7) is 5.01. The smallest absolute Gasteiger partial charge is 0.229 e. The molecular formula is C16H24N2O3S. The highest BCUT2D eigenvalue weighted by atomic mass is 32.2. The topological polar surface area (TPSA) is 58.6 Å². The molecule has 1 N–H and O–H groups in total. The summed E-state index contributed by atoms with van der Waals surface area (Å²) < 4.78 is 31.0. The largest absolute Gasteiger partial charge is 0.492 e. The molecule has 3 fully saturated rings. The van der Waals surface area contributed by atoms with Gasteiger partial charge in [-0.15, -0.1) is 0 Å². The third-order valence-electron chi connectivity index (χ3n) is 4.71.